The van der Waals surface area contributed by atoms with E-state index in [1.807, 2.05) is 11.0 Å². The monoisotopic (exact) mass is 305 g/mol. The van der Waals surface area contributed by atoms with Gasteiger partial charge in [0.25, 0.3) is 0 Å². The van der Waals surface area contributed by atoms with E-state index in [-0.39, 0.29) is 6.03 Å². The third-order valence-corrected chi connectivity index (χ3v) is 4.23. The summed E-state index contributed by atoms with van der Waals surface area (Å²) in [4.78, 5) is 16.4. The van der Waals surface area contributed by atoms with Crippen LogP contribution in [0.25, 0.3) is 0 Å². The lowest BCUT2D eigenvalue weighted by Gasteiger charge is -2.38. The van der Waals surface area contributed by atoms with E-state index in [0.717, 1.165) is 32.6 Å². The third kappa shape index (κ3) is 4.71. The van der Waals surface area contributed by atoms with Gasteiger partial charge in [0.15, 0.2) is 0 Å². The van der Waals surface area contributed by atoms with Gasteiger partial charge in [-0.05, 0) is 18.9 Å². The molecule has 0 saturated carbocycles. The molecule has 2 rings (SSSR count). The zero-order chi connectivity index (χ0) is 15.8. The standard InChI is InChI=1S/C17H27N3O2/c1-15(16-7-4-3-5-8-16)19-10-12-20(13-11-19)17(21)18-9-6-14-22-2/h3-5,7-8,15H,6,9-14H2,1-2H3,(H,18,21). The normalized spacial score (nSPS) is 17.3. The van der Waals surface area contributed by atoms with E-state index in [0.29, 0.717) is 19.2 Å². The fourth-order valence-electron chi connectivity index (χ4n) is 2.78. The Morgan fingerprint density at radius 2 is 1.91 bits per heavy atom. The van der Waals surface area contributed by atoms with E-state index in [2.05, 4.69) is 41.4 Å². The molecule has 0 radical (unpaired) electrons. The number of methoxy groups -OCH3 is 1. The summed E-state index contributed by atoms with van der Waals surface area (Å²) in [6.07, 6.45) is 0.854. The van der Waals surface area contributed by atoms with Crippen molar-refractivity contribution in [2.45, 2.75) is 19.4 Å². The highest BCUT2D eigenvalue weighted by Crippen LogP contribution is 2.21. The van der Waals surface area contributed by atoms with Gasteiger partial charge < -0.3 is 15.0 Å². The maximum atomic E-state index is 12.1. The van der Waals surface area contributed by atoms with Crippen LogP contribution in [-0.2, 0) is 4.74 Å². The second kappa shape index (κ2) is 8.76. The van der Waals surface area contributed by atoms with Crippen LogP contribution in [-0.4, -0.2) is 62.3 Å². The van der Waals surface area contributed by atoms with Crippen molar-refractivity contribution in [3.05, 3.63) is 35.9 Å². The lowest BCUT2D eigenvalue weighted by molar-refractivity contribution is 0.113. The topological polar surface area (TPSA) is 44.8 Å². The summed E-state index contributed by atoms with van der Waals surface area (Å²) in [6, 6.07) is 11.0. The number of carbonyl (C=O) groups is 1. The van der Waals surface area contributed by atoms with E-state index < -0.39 is 0 Å². The van der Waals surface area contributed by atoms with Gasteiger partial charge in [0.05, 0.1) is 0 Å². The molecule has 0 bridgehead atoms. The minimum atomic E-state index is 0.0446. The van der Waals surface area contributed by atoms with Crippen molar-refractivity contribution in [1.82, 2.24) is 15.1 Å². The first-order chi connectivity index (χ1) is 10.7. The summed E-state index contributed by atoms with van der Waals surface area (Å²) in [5.74, 6) is 0. The highest BCUT2D eigenvalue weighted by atomic mass is 16.5. The summed E-state index contributed by atoms with van der Waals surface area (Å²) < 4.78 is 4.98. The Kier molecular flexibility index (Phi) is 6.68. The number of benzene rings is 1. The number of carbonyl (C=O) groups excluding carboxylic acids is 1. The zero-order valence-electron chi connectivity index (χ0n) is 13.6. The molecule has 1 saturated heterocycles. The Morgan fingerprint density at radius 1 is 1.23 bits per heavy atom. The molecule has 122 valence electrons. The summed E-state index contributed by atoms with van der Waals surface area (Å²) in [6.45, 7) is 7.00. The van der Waals surface area contributed by atoms with Crippen LogP contribution < -0.4 is 5.32 Å². The molecule has 1 heterocycles. The van der Waals surface area contributed by atoms with Gasteiger partial charge in [0.2, 0.25) is 0 Å². The summed E-state index contributed by atoms with van der Waals surface area (Å²) in [7, 11) is 1.68. The quantitative estimate of drug-likeness (QED) is 0.819. The van der Waals surface area contributed by atoms with E-state index in [9.17, 15) is 4.79 Å². The van der Waals surface area contributed by atoms with E-state index in [4.69, 9.17) is 4.74 Å². The second-order valence-corrected chi connectivity index (χ2v) is 5.69. The Labute approximate surface area is 133 Å². The summed E-state index contributed by atoms with van der Waals surface area (Å²) >= 11 is 0. The predicted molar refractivity (Wildman–Crippen MR) is 87.9 cm³/mol. The van der Waals surface area contributed by atoms with Crippen LogP contribution in [0.15, 0.2) is 30.3 Å². The molecule has 1 aliphatic heterocycles. The van der Waals surface area contributed by atoms with E-state index in [1.165, 1.54) is 5.56 Å². The van der Waals surface area contributed by atoms with Crippen LogP contribution in [0.2, 0.25) is 0 Å². The lowest BCUT2D eigenvalue weighted by atomic mass is 10.1. The Morgan fingerprint density at radius 3 is 2.55 bits per heavy atom. The van der Waals surface area contributed by atoms with Crippen LogP contribution >= 0.6 is 0 Å². The molecule has 1 aromatic carbocycles. The maximum Gasteiger partial charge on any atom is 0.317 e. The minimum Gasteiger partial charge on any atom is -0.385 e. The van der Waals surface area contributed by atoms with Gasteiger partial charge in [-0.2, -0.15) is 0 Å². The first-order valence-corrected chi connectivity index (χ1v) is 8.03. The molecule has 0 spiro atoms. The molecule has 1 unspecified atom stereocenters. The van der Waals surface area contributed by atoms with Gasteiger partial charge in [-0.3, -0.25) is 4.90 Å². The molecule has 1 atom stereocenters. The highest BCUT2D eigenvalue weighted by Gasteiger charge is 2.24. The van der Waals surface area contributed by atoms with Crippen LogP contribution in [0.3, 0.4) is 0 Å². The molecular formula is C17H27N3O2. The molecule has 1 fully saturated rings. The first-order valence-electron chi connectivity index (χ1n) is 8.03. The van der Waals surface area contributed by atoms with Gasteiger partial charge in [-0.1, -0.05) is 30.3 Å². The van der Waals surface area contributed by atoms with Crippen LogP contribution in [0.1, 0.15) is 24.9 Å². The van der Waals surface area contributed by atoms with Crippen molar-refractivity contribution < 1.29 is 9.53 Å². The van der Waals surface area contributed by atoms with Crippen molar-refractivity contribution >= 4 is 6.03 Å². The number of ether oxygens (including phenoxy) is 1. The van der Waals surface area contributed by atoms with Gasteiger partial charge in [-0.25, -0.2) is 4.79 Å². The maximum absolute atomic E-state index is 12.1. The molecule has 1 N–H and O–H groups in total. The smallest absolute Gasteiger partial charge is 0.317 e. The summed E-state index contributed by atoms with van der Waals surface area (Å²) in [5.41, 5.74) is 1.33. The Hall–Kier alpha value is -1.59. The van der Waals surface area contributed by atoms with Gasteiger partial charge in [0.1, 0.15) is 0 Å². The van der Waals surface area contributed by atoms with E-state index >= 15 is 0 Å². The molecule has 0 aromatic heterocycles. The Balaban J connectivity index is 1.74. The predicted octanol–water partition coefficient (Wildman–Crippen LogP) is 2.11. The number of nitrogens with one attached hydrogen (secondary N) is 1. The highest BCUT2D eigenvalue weighted by molar-refractivity contribution is 5.74. The average molecular weight is 305 g/mol. The van der Waals surface area contributed by atoms with Crippen molar-refractivity contribution in [3.63, 3.8) is 0 Å². The van der Waals surface area contributed by atoms with Crippen molar-refractivity contribution in [2.24, 2.45) is 0 Å². The molecule has 2 amide bonds. The number of piperazine rings is 1. The number of hydrogen-bond acceptors (Lipinski definition) is 3. The number of rotatable bonds is 6. The largest absolute Gasteiger partial charge is 0.385 e. The molecule has 1 aromatic rings. The molecular weight excluding hydrogens is 278 g/mol. The zero-order valence-corrected chi connectivity index (χ0v) is 13.6. The third-order valence-electron chi connectivity index (χ3n) is 4.23. The average Bonchev–Trinajstić information content (AvgIpc) is 2.59. The van der Waals surface area contributed by atoms with Crippen LogP contribution in [0, 0.1) is 0 Å². The SMILES string of the molecule is COCCCNC(=O)N1CCN(C(C)c2ccccc2)CC1. The number of amides is 2. The number of nitrogens with zero attached hydrogens (tertiary/aromatic N) is 2. The Bertz CT molecular complexity index is 444. The minimum absolute atomic E-state index is 0.0446. The van der Waals surface area contributed by atoms with Crippen molar-refractivity contribution in [2.75, 3.05) is 46.4 Å². The number of hydrogen-bond donors (Lipinski definition) is 1. The van der Waals surface area contributed by atoms with E-state index in [1.54, 1.807) is 7.11 Å². The number of urea groups is 1. The van der Waals surface area contributed by atoms with Gasteiger partial charge in [0, 0.05) is 52.5 Å². The summed E-state index contributed by atoms with van der Waals surface area (Å²) in [5, 5.41) is 2.95. The molecule has 0 aliphatic carbocycles. The first kappa shape index (κ1) is 16.8. The fourth-order valence-corrected chi connectivity index (χ4v) is 2.78. The van der Waals surface area contributed by atoms with Crippen LogP contribution in [0.5, 0.6) is 0 Å². The molecule has 1 aliphatic rings. The van der Waals surface area contributed by atoms with Gasteiger partial charge >= 0.3 is 6.03 Å². The molecule has 5 heteroatoms. The fraction of sp³-hybridized carbons (Fsp3) is 0.588. The lowest BCUT2D eigenvalue weighted by Crippen LogP contribution is -2.52. The molecule has 22 heavy (non-hydrogen) atoms. The van der Waals surface area contributed by atoms with Crippen molar-refractivity contribution in [3.8, 4) is 0 Å². The second-order valence-electron chi connectivity index (χ2n) is 5.69. The van der Waals surface area contributed by atoms with Crippen LogP contribution in [0.4, 0.5) is 4.79 Å². The molecule has 5 nitrogen and oxygen atoms in total. The van der Waals surface area contributed by atoms with Crippen molar-refractivity contribution in [1.29, 1.82) is 0 Å². The van der Waals surface area contributed by atoms with Gasteiger partial charge in [-0.15, -0.1) is 0 Å².